The number of sulfonamides is 1. The van der Waals surface area contributed by atoms with Crippen LogP contribution >= 0.6 is 11.3 Å². The second kappa shape index (κ2) is 5.43. The molecule has 1 aromatic heterocycles. The molecule has 1 fully saturated rings. The summed E-state index contributed by atoms with van der Waals surface area (Å²) in [5, 5.41) is 2.01. The molecule has 9 heteroatoms. The van der Waals surface area contributed by atoms with E-state index in [1.54, 1.807) is 10.3 Å². The van der Waals surface area contributed by atoms with Crippen molar-refractivity contribution in [2.75, 3.05) is 25.1 Å². The van der Waals surface area contributed by atoms with E-state index in [4.69, 9.17) is 5.73 Å². The molecule has 1 aliphatic rings. The van der Waals surface area contributed by atoms with Gasteiger partial charge in [-0.3, -0.25) is 4.79 Å². The number of piperidine rings is 1. The van der Waals surface area contributed by atoms with E-state index < -0.39 is 10.0 Å². The largest absolute Gasteiger partial charge is 0.375 e. The van der Waals surface area contributed by atoms with Crippen LogP contribution in [0.3, 0.4) is 0 Å². The van der Waals surface area contributed by atoms with Gasteiger partial charge in [0.05, 0.1) is 6.26 Å². The highest BCUT2D eigenvalue weighted by Crippen LogP contribution is 2.17. The Labute approximate surface area is 115 Å². The molecule has 0 saturated carbocycles. The van der Waals surface area contributed by atoms with Crippen LogP contribution in [0.5, 0.6) is 0 Å². The standard InChI is InChI=1S/C10H16N4O3S2/c1-19(16,17)13-7-2-4-14(5-3-7)9(15)8-6-18-10(11)12-8/h6-7,13H,2-5H2,1H3,(H2,11,12). The molecule has 7 nitrogen and oxygen atoms in total. The molecule has 3 N–H and O–H groups in total. The fourth-order valence-corrected chi connectivity index (χ4v) is 3.43. The highest BCUT2D eigenvalue weighted by Gasteiger charge is 2.26. The fraction of sp³-hybridized carbons (Fsp3) is 0.600. The Morgan fingerprint density at radius 2 is 2.16 bits per heavy atom. The molecular weight excluding hydrogens is 288 g/mol. The third kappa shape index (κ3) is 3.88. The molecular formula is C10H16N4O3S2. The summed E-state index contributed by atoms with van der Waals surface area (Å²) in [6, 6.07) is -0.0976. The van der Waals surface area contributed by atoms with E-state index in [1.807, 2.05) is 0 Å². The monoisotopic (exact) mass is 304 g/mol. The fourth-order valence-electron chi connectivity index (χ4n) is 2.05. The Morgan fingerprint density at radius 3 is 2.63 bits per heavy atom. The molecule has 2 rings (SSSR count). The van der Waals surface area contributed by atoms with Crippen LogP contribution in [-0.2, 0) is 10.0 Å². The maximum atomic E-state index is 12.1. The zero-order valence-electron chi connectivity index (χ0n) is 10.5. The lowest BCUT2D eigenvalue weighted by Crippen LogP contribution is -2.46. The summed E-state index contributed by atoms with van der Waals surface area (Å²) in [5.41, 5.74) is 5.86. The smallest absolute Gasteiger partial charge is 0.273 e. The van der Waals surface area contributed by atoms with Gasteiger partial charge in [0, 0.05) is 24.5 Å². The predicted molar refractivity (Wildman–Crippen MR) is 73.4 cm³/mol. The summed E-state index contributed by atoms with van der Waals surface area (Å²) in [6.45, 7) is 1.03. The first-order valence-corrected chi connectivity index (χ1v) is 8.60. The van der Waals surface area contributed by atoms with Crippen LogP contribution in [0, 0.1) is 0 Å². The molecule has 19 heavy (non-hydrogen) atoms. The number of nitrogen functional groups attached to an aromatic ring is 1. The van der Waals surface area contributed by atoms with Crippen LogP contribution in [0.2, 0.25) is 0 Å². The molecule has 106 valence electrons. The van der Waals surface area contributed by atoms with Crippen LogP contribution in [0.1, 0.15) is 23.3 Å². The van der Waals surface area contributed by atoms with Crippen molar-refractivity contribution in [3.8, 4) is 0 Å². The van der Waals surface area contributed by atoms with E-state index in [-0.39, 0.29) is 11.9 Å². The number of nitrogens with two attached hydrogens (primary N) is 1. The van der Waals surface area contributed by atoms with E-state index in [1.165, 1.54) is 11.3 Å². The quantitative estimate of drug-likeness (QED) is 0.810. The van der Waals surface area contributed by atoms with Gasteiger partial charge in [0.1, 0.15) is 5.69 Å². The van der Waals surface area contributed by atoms with Crippen LogP contribution in [0.25, 0.3) is 0 Å². The SMILES string of the molecule is CS(=O)(=O)NC1CCN(C(=O)c2csc(N)n2)CC1. The molecule has 0 bridgehead atoms. The molecule has 0 unspecified atom stereocenters. The first kappa shape index (κ1) is 14.2. The summed E-state index contributed by atoms with van der Waals surface area (Å²) in [4.78, 5) is 17.7. The highest BCUT2D eigenvalue weighted by molar-refractivity contribution is 7.88. The zero-order chi connectivity index (χ0) is 14.0. The minimum Gasteiger partial charge on any atom is -0.375 e. The van der Waals surface area contributed by atoms with Crippen LogP contribution in [0.15, 0.2) is 5.38 Å². The lowest BCUT2D eigenvalue weighted by atomic mass is 10.1. The van der Waals surface area contributed by atoms with Gasteiger partial charge in [-0.1, -0.05) is 0 Å². The minimum absolute atomic E-state index is 0.0976. The summed E-state index contributed by atoms with van der Waals surface area (Å²) < 4.78 is 24.8. The average Bonchev–Trinajstić information content (AvgIpc) is 2.74. The summed E-state index contributed by atoms with van der Waals surface area (Å²) in [7, 11) is -3.19. The van der Waals surface area contributed by atoms with Crippen LogP contribution in [-0.4, -0.2) is 49.6 Å². The van der Waals surface area contributed by atoms with E-state index in [0.29, 0.717) is 36.8 Å². The Hall–Kier alpha value is -1.19. The molecule has 1 saturated heterocycles. The number of carbonyl (C=O) groups is 1. The van der Waals surface area contributed by atoms with Gasteiger partial charge in [-0.2, -0.15) is 0 Å². The Morgan fingerprint density at radius 1 is 1.53 bits per heavy atom. The minimum atomic E-state index is -3.19. The van der Waals surface area contributed by atoms with E-state index in [2.05, 4.69) is 9.71 Å². The van der Waals surface area contributed by atoms with Gasteiger partial charge >= 0.3 is 0 Å². The van der Waals surface area contributed by atoms with Crippen molar-refractivity contribution < 1.29 is 13.2 Å². The van der Waals surface area contributed by atoms with E-state index in [0.717, 1.165) is 6.26 Å². The second-order valence-corrected chi connectivity index (χ2v) is 7.20. The number of aromatic nitrogens is 1. The number of carbonyl (C=O) groups excluding carboxylic acids is 1. The third-order valence-electron chi connectivity index (χ3n) is 2.90. The predicted octanol–water partition coefficient (Wildman–Crippen LogP) is -0.121. The Balaban J connectivity index is 1.91. The number of hydrogen-bond acceptors (Lipinski definition) is 6. The molecule has 0 atom stereocenters. The van der Waals surface area contributed by atoms with Crippen molar-refractivity contribution in [2.24, 2.45) is 0 Å². The van der Waals surface area contributed by atoms with Crippen LogP contribution < -0.4 is 10.5 Å². The van der Waals surface area contributed by atoms with Gasteiger partial charge < -0.3 is 10.6 Å². The lowest BCUT2D eigenvalue weighted by molar-refractivity contribution is 0.0706. The number of amides is 1. The summed E-state index contributed by atoms with van der Waals surface area (Å²) in [5.74, 6) is -0.147. The Bertz CT molecular complexity index is 561. The van der Waals surface area contributed by atoms with E-state index in [9.17, 15) is 13.2 Å². The highest BCUT2D eigenvalue weighted by atomic mass is 32.2. The normalized spacial score (nSPS) is 17.6. The second-order valence-electron chi connectivity index (χ2n) is 4.53. The number of anilines is 1. The number of nitrogens with zero attached hydrogens (tertiary/aromatic N) is 2. The van der Waals surface area contributed by atoms with Crippen molar-refractivity contribution in [3.05, 3.63) is 11.1 Å². The molecule has 0 aromatic carbocycles. The van der Waals surface area contributed by atoms with Crippen molar-refractivity contribution in [1.82, 2.24) is 14.6 Å². The van der Waals surface area contributed by atoms with Crippen molar-refractivity contribution in [3.63, 3.8) is 0 Å². The van der Waals surface area contributed by atoms with Crippen molar-refractivity contribution >= 4 is 32.4 Å². The average molecular weight is 304 g/mol. The van der Waals surface area contributed by atoms with Crippen molar-refractivity contribution in [1.29, 1.82) is 0 Å². The summed E-state index contributed by atoms with van der Waals surface area (Å²) >= 11 is 1.23. The third-order valence-corrected chi connectivity index (χ3v) is 4.34. The van der Waals surface area contributed by atoms with Gasteiger partial charge in [-0.25, -0.2) is 18.1 Å². The van der Waals surface area contributed by atoms with E-state index >= 15 is 0 Å². The maximum Gasteiger partial charge on any atom is 0.273 e. The first-order chi connectivity index (χ1) is 8.85. The first-order valence-electron chi connectivity index (χ1n) is 5.83. The van der Waals surface area contributed by atoms with Gasteiger partial charge in [0.25, 0.3) is 5.91 Å². The number of nitrogens with one attached hydrogen (secondary N) is 1. The molecule has 2 heterocycles. The maximum absolute atomic E-state index is 12.1. The topological polar surface area (TPSA) is 105 Å². The zero-order valence-corrected chi connectivity index (χ0v) is 12.1. The van der Waals surface area contributed by atoms with Crippen molar-refractivity contribution in [2.45, 2.75) is 18.9 Å². The lowest BCUT2D eigenvalue weighted by Gasteiger charge is -2.31. The number of thiazole rings is 1. The van der Waals surface area contributed by atoms with Gasteiger partial charge in [-0.05, 0) is 12.8 Å². The number of likely N-dealkylation sites (tertiary alicyclic amines) is 1. The molecule has 1 aromatic rings. The molecule has 0 radical (unpaired) electrons. The summed E-state index contributed by atoms with van der Waals surface area (Å²) in [6.07, 6.45) is 2.36. The van der Waals surface area contributed by atoms with Gasteiger partial charge in [-0.15, -0.1) is 11.3 Å². The molecule has 1 amide bonds. The number of rotatable bonds is 3. The number of hydrogen-bond donors (Lipinski definition) is 2. The molecule has 0 aliphatic carbocycles. The van der Waals surface area contributed by atoms with Crippen LogP contribution in [0.4, 0.5) is 5.13 Å². The molecule has 0 spiro atoms. The Kier molecular flexibility index (Phi) is 4.07. The van der Waals surface area contributed by atoms with Gasteiger partial charge in [0.15, 0.2) is 5.13 Å². The molecule has 1 aliphatic heterocycles. The van der Waals surface area contributed by atoms with Gasteiger partial charge in [0.2, 0.25) is 10.0 Å².